The van der Waals surface area contributed by atoms with Crippen molar-refractivity contribution in [3.63, 3.8) is 0 Å². The Balaban J connectivity index is 1.47. The van der Waals surface area contributed by atoms with Gasteiger partial charge >= 0.3 is 0 Å². The predicted octanol–water partition coefficient (Wildman–Crippen LogP) is 1.45. The Kier molecular flexibility index (Phi) is 4.61. The third-order valence-corrected chi connectivity index (χ3v) is 5.45. The van der Waals surface area contributed by atoms with Crippen LogP contribution in [-0.4, -0.2) is 54.5 Å². The molecule has 0 aromatic heterocycles. The SMILES string of the molecule is N[C@@H]1CCC[C@H]1C(=O)N1CC[C@@H](CN2CCCCC2)C1. The molecule has 1 amide bonds. The van der Waals surface area contributed by atoms with E-state index in [2.05, 4.69) is 9.80 Å². The van der Waals surface area contributed by atoms with Crippen molar-refractivity contribution in [1.29, 1.82) is 0 Å². The number of rotatable bonds is 3. The number of hydrogen-bond donors (Lipinski definition) is 1. The number of nitrogens with zero attached hydrogens (tertiary/aromatic N) is 2. The van der Waals surface area contributed by atoms with Gasteiger partial charge in [0.2, 0.25) is 5.91 Å². The summed E-state index contributed by atoms with van der Waals surface area (Å²) in [7, 11) is 0. The van der Waals surface area contributed by atoms with Crippen LogP contribution in [0.1, 0.15) is 44.9 Å². The third kappa shape index (κ3) is 3.17. The molecule has 0 aromatic carbocycles. The maximum Gasteiger partial charge on any atom is 0.227 e. The average molecular weight is 279 g/mol. The number of hydrogen-bond acceptors (Lipinski definition) is 3. The van der Waals surface area contributed by atoms with Crippen LogP contribution in [0, 0.1) is 11.8 Å². The molecule has 2 aliphatic heterocycles. The summed E-state index contributed by atoms with van der Waals surface area (Å²) in [5.41, 5.74) is 6.08. The van der Waals surface area contributed by atoms with Gasteiger partial charge in [-0.15, -0.1) is 0 Å². The standard InChI is InChI=1S/C16H29N3O/c17-15-6-4-5-14(15)16(20)19-10-7-13(12-19)11-18-8-2-1-3-9-18/h13-15H,1-12,17H2/t13-,14+,15+/m0/s1. The van der Waals surface area contributed by atoms with Crippen LogP contribution in [0.15, 0.2) is 0 Å². The maximum atomic E-state index is 12.5. The lowest BCUT2D eigenvalue weighted by Gasteiger charge is -2.29. The Morgan fingerprint density at radius 3 is 2.50 bits per heavy atom. The minimum atomic E-state index is 0.114. The van der Waals surface area contributed by atoms with Gasteiger partial charge in [-0.3, -0.25) is 4.79 Å². The van der Waals surface area contributed by atoms with Crippen LogP contribution in [0.5, 0.6) is 0 Å². The van der Waals surface area contributed by atoms with E-state index in [1.165, 1.54) is 45.3 Å². The minimum absolute atomic E-state index is 0.114. The first kappa shape index (κ1) is 14.3. The molecule has 3 aliphatic rings. The maximum absolute atomic E-state index is 12.5. The highest BCUT2D eigenvalue weighted by atomic mass is 16.2. The molecule has 0 bridgehead atoms. The molecular weight excluding hydrogens is 250 g/mol. The van der Waals surface area contributed by atoms with Crippen molar-refractivity contribution in [1.82, 2.24) is 9.80 Å². The summed E-state index contributed by atoms with van der Waals surface area (Å²) >= 11 is 0. The van der Waals surface area contributed by atoms with Crippen molar-refractivity contribution in [3.05, 3.63) is 0 Å². The summed E-state index contributed by atoms with van der Waals surface area (Å²) in [5.74, 6) is 1.15. The van der Waals surface area contributed by atoms with E-state index in [0.29, 0.717) is 11.8 Å². The zero-order valence-electron chi connectivity index (χ0n) is 12.6. The second-order valence-corrected chi connectivity index (χ2v) is 7.00. The summed E-state index contributed by atoms with van der Waals surface area (Å²) in [5, 5.41) is 0. The van der Waals surface area contributed by atoms with Crippen LogP contribution >= 0.6 is 0 Å². The van der Waals surface area contributed by atoms with E-state index in [0.717, 1.165) is 32.4 Å². The van der Waals surface area contributed by atoms with Crippen molar-refractivity contribution >= 4 is 5.91 Å². The summed E-state index contributed by atoms with van der Waals surface area (Å²) < 4.78 is 0. The summed E-state index contributed by atoms with van der Waals surface area (Å²) in [6.07, 6.45) is 8.45. The van der Waals surface area contributed by atoms with Crippen LogP contribution in [-0.2, 0) is 4.79 Å². The molecular formula is C16H29N3O. The molecule has 0 radical (unpaired) electrons. The number of carbonyl (C=O) groups is 1. The van der Waals surface area contributed by atoms with Gasteiger partial charge in [0, 0.05) is 25.7 Å². The van der Waals surface area contributed by atoms with Gasteiger partial charge in [-0.05, 0) is 51.1 Å². The van der Waals surface area contributed by atoms with Gasteiger partial charge in [-0.1, -0.05) is 12.8 Å². The van der Waals surface area contributed by atoms with E-state index >= 15 is 0 Å². The largest absolute Gasteiger partial charge is 0.342 e. The van der Waals surface area contributed by atoms with Crippen molar-refractivity contribution < 1.29 is 4.79 Å². The first-order chi connectivity index (χ1) is 9.74. The van der Waals surface area contributed by atoms with Gasteiger partial charge in [-0.2, -0.15) is 0 Å². The van der Waals surface area contributed by atoms with Crippen LogP contribution in [0.2, 0.25) is 0 Å². The average Bonchev–Trinajstić information content (AvgIpc) is 3.08. The van der Waals surface area contributed by atoms with Crippen molar-refractivity contribution in [3.8, 4) is 0 Å². The Hall–Kier alpha value is -0.610. The predicted molar refractivity (Wildman–Crippen MR) is 80.3 cm³/mol. The quantitative estimate of drug-likeness (QED) is 0.850. The Morgan fingerprint density at radius 2 is 1.80 bits per heavy atom. The molecule has 4 nitrogen and oxygen atoms in total. The van der Waals surface area contributed by atoms with Gasteiger partial charge in [0.05, 0.1) is 5.92 Å². The van der Waals surface area contributed by atoms with Crippen LogP contribution in [0.4, 0.5) is 0 Å². The number of carbonyl (C=O) groups excluding carboxylic acids is 1. The molecule has 114 valence electrons. The monoisotopic (exact) mass is 279 g/mol. The van der Waals surface area contributed by atoms with Gasteiger partial charge in [0.25, 0.3) is 0 Å². The van der Waals surface area contributed by atoms with Crippen molar-refractivity contribution in [2.24, 2.45) is 17.6 Å². The second-order valence-electron chi connectivity index (χ2n) is 7.00. The molecule has 3 atom stereocenters. The highest BCUT2D eigenvalue weighted by molar-refractivity contribution is 5.80. The molecule has 0 aromatic rings. The fourth-order valence-corrected chi connectivity index (χ4v) is 4.22. The normalized spacial score (nSPS) is 35.6. The van der Waals surface area contributed by atoms with Gasteiger partial charge in [0.1, 0.15) is 0 Å². The molecule has 2 saturated heterocycles. The summed E-state index contributed by atoms with van der Waals surface area (Å²) in [6, 6.07) is 0.114. The molecule has 0 unspecified atom stereocenters. The molecule has 3 rings (SSSR count). The fourth-order valence-electron chi connectivity index (χ4n) is 4.22. The lowest BCUT2D eigenvalue weighted by Crippen LogP contribution is -2.41. The summed E-state index contributed by atoms with van der Waals surface area (Å²) in [4.78, 5) is 17.2. The molecule has 4 heteroatoms. The Bertz CT molecular complexity index is 341. The van der Waals surface area contributed by atoms with E-state index in [4.69, 9.17) is 5.73 Å². The lowest BCUT2D eigenvalue weighted by atomic mass is 10.0. The summed E-state index contributed by atoms with van der Waals surface area (Å²) in [6.45, 7) is 5.65. The molecule has 3 fully saturated rings. The Labute approximate surface area is 122 Å². The van der Waals surface area contributed by atoms with E-state index in [1.54, 1.807) is 0 Å². The number of likely N-dealkylation sites (tertiary alicyclic amines) is 2. The second kappa shape index (κ2) is 6.44. The third-order valence-electron chi connectivity index (χ3n) is 5.45. The minimum Gasteiger partial charge on any atom is -0.342 e. The van der Waals surface area contributed by atoms with Crippen molar-refractivity contribution in [2.45, 2.75) is 51.0 Å². The number of amides is 1. The fraction of sp³-hybridized carbons (Fsp3) is 0.938. The molecule has 2 N–H and O–H groups in total. The lowest BCUT2D eigenvalue weighted by molar-refractivity contribution is -0.134. The highest BCUT2D eigenvalue weighted by Gasteiger charge is 2.36. The molecule has 1 saturated carbocycles. The van der Waals surface area contributed by atoms with Gasteiger partial charge in [-0.25, -0.2) is 0 Å². The highest BCUT2D eigenvalue weighted by Crippen LogP contribution is 2.28. The van der Waals surface area contributed by atoms with Crippen molar-refractivity contribution in [2.75, 3.05) is 32.7 Å². The van der Waals surface area contributed by atoms with E-state index in [9.17, 15) is 4.79 Å². The topological polar surface area (TPSA) is 49.6 Å². The smallest absolute Gasteiger partial charge is 0.227 e. The first-order valence-corrected chi connectivity index (χ1v) is 8.51. The van der Waals surface area contributed by atoms with E-state index in [-0.39, 0.29) is 12.0 Å². The molecule has 20 heavy (non-hydrogen) atoms. The first-order valence-electron chi connectivity index (χ1n) is 8.51. The van der Waals surface area contributed by atoms with Crippen LogP contribution in [0.25, 0.3) is 0 Å². The van der Waals surface area contributed by atoms with E-state index < -0.39 is 0 Å². The van der Waals surface area contributed by atoms with Gasteiger partial charge in [0.15, 0.2) is 0 Å². The van der Waals surface area contributed by atoms with Gasteiger partial charge < -0.3 is 15.5 Å². The van der Waals surface area contributed by atoms with Crippen LogP contribution in [0.3, 0.4) is 0 Å². The molecule has 2 heterocycles. The Morgan fingerprint density at radius 1 is 1.00 bits per heavy atom. The number of nitrogens with two attached hydrogens (primary N) is 1. The molecule has 0 spiro atoms. The molecule has 1 aliphatic carbocycles. The van der Waals surface area contributed by atoms with Crippen LogP contribution < -0.4 is 5.73 Å². The number of piperidine rings is 1. The van der Waals surface area contributed by atoms with E-state index in [1.807, 2.05) is 0 Å². The zero-order chi connectivity index (χ0) is 13.9. The zero-order valence-corrected chi connectivity index (χ0v) is 12.6.